The molecule has 1 heterocycles. The number of hydrogen-bond acceptors (Lipinski definition) is 3. The molecular formula is C16H25N3. The van der Waals surface area contributed by atoms with Crippen molar-refractivity contribution < 1.29 is 0 Å². The Kier molecular flexibility index (Phi) is 3.76. The van der Waals surface area contributed by atoms with Crippen molar-refractivity contribution in [3.63, 3.8) is 0 Å². The lowest BCUT2D eigenvalue weighted by Gasteiger charge is -2.34. The molecule has 0 unspecified atom stereocenters. The molecule has 3 nitrogen and oxygen atoms in total. The van der Waals surface area contributed by atoms with E-state index in [0.717, 1.165) is 18.2 Å². The molecule has 1 saturated carbocycles. The maximum absolute atomic E-state index is 5.87. The van der Waals surface area contributed by atoms with Crippen molar-refractivity contribution in [2.24, 2.45) is 5.92 Å². The molecule has 2 N–H and O–H groups in total. The molecule has 3 heteroatoms. The van der Waals surface area contributed by atoms with Crippen molar-refractivity contribution in [2.45, 2.75) is 26.3 Å². The quantitative estimate of drug-likeness (QED) is 0.841. The number of rotatable bonds is 4. The normalized spacial score (nSPS) is 21.7. The fraction of sp³-hybridized carbons (Fsp3) is 0.625. The fourth-order valence-electron chi connectivity index (χ4n) is 2.89. The third kappa shape index (κ3) is 3.48. The average molecular weight is 259 g/mol. The van der Waals surface area contributed by atoms with E-state index >= 15 is 0 Å². The first kappa shape index (κ1) is 12.9. The van der Waals surface area contributed by atoms with E-state index < -0.39 is 0 Å². The van der Waals surface area contributed by atoms with Gasteiger partial charge < -0.3 is 10.6 Å². The summed E-state index contributed by atoms with van der Waals surface area (Å²) < 4.78 is 0. The first-order valence-corrected chi connectivity index (χ1v) is 7.50. The minimum Gasteiger partial charge on any atom is -0.399 e. The lowest BCUT2D eigenvalue weighted by atomic mass is 10.1. The lowest BCUT2D eigenvalue weighted by molar-refractivity contribution is 0.123. The third-order valence-electron chi connectivity index (χ3n) is 4.42. The van der Waals surface area contributed by atoms with E-state index in [4.69, 9.17) is 5.73 Å². The van der Waals surface area contributed by atoms with Gasteiger partial charge in [0.05, 0.1) is 0 Å². The molecule has 2 aliphatic rings. The molecule has 0 bridgehead atoms. The van der Waals surface area contributed by atoms with Gasteiger partial charge in [-0.25, -0.2) is 0 Å². The maximum atomic E-state index is 5.87. The molecule has 1 aromatic rings. The van der Waals surface area contributed by atoms with E-state index in [1.165, 1.54) is 56.7 Å². The Labute approximate surface area is 116 Å². The Bertz CT molecular complexity index is 432. The molecule has 0 aromatic heterocycles. The highest BCUT2D eigenvalue weighted by Crippen LogP contribution is 2.30. The summed E-state index contributed by atoms with van der Waals surface area (Å²) >= 11 is 0. The number of nitrogens with zero attached hydrogens (tertiary/aromatic N) is 2. The highest BCUT2D eigenvalue weighted by molar-refractivity contribution is 5.47. The Morgan fingerprint density at radius 3 is 2.42 bits per heavy atom. The first-order chi connectivity index (χ1) is 9.20. The fourth-order valence-corrected chi connectivity index (χ4v) is 2.89. The Balaban J connectivity index is 1.49. The van der Waals surface area contributed by atoms with Crippen LogP contribution in [0, 0.1) is 12.8 Å². The highest BCUT2D eigenvalue weighted by Gasteiger charge is 2.26. The second-order valence-corrected chi connectivity index (χ2v) is 6.21. The van der Waals surface area contributed by atoms with Crippen LogP contribution >= 0.6 is 0 Å². The van der Waals surface area contributed by atoms with Gasteiger partial charge in [-0.3, -0.25) is 4.90 Å². The number of hydrogen-bond donors (Lipinski definition) is 1. The Morgan fingerprint density at radius 1 is 1.11 bits per heavy atom. The third-order valence-corrected chi connectivity index (χ3v) is 4.42. The number of nitrogens with two attached hydrogens (primary N) is 1. The van der Waals surface area contributed by atoms with Gasteiger partial charge in [-0.15, -0.1) is 0 Å². The largest absolute Gasteiger partial charge is 0.399 e. The smallest absolute Gasteiger partial charge is 0.0343 e. The van der Waals surface area contributed by atoms with Crippen molar-refractivity contribution in [1.82, 2.24) is 9.80 Å². The number of aryl methyl sites for hydroxylation is 1. The van der Waals surface area contributed by atoms with E-state index in [9.17, 15) is 0 Å². The summed E-state index contributed by atoms with van der Waals surface area (Å²) in [5.74, 6) is 1.02. The van der Waals surface area contributed by atoms with Crippen LogP contribution in [-0.2, 0) is 6.54 Å². The van der Waals surface area contributed by atoms with Gasteiger partial charge in [0, 0.05) is 45.0 Å². The molecule has 1 saturated heterocycles. The minimum absolute atomic E-state index is 0.901. The van der Waals surface area contributed by atoms with Gasteiger partial charge >= 0.3 is 0 Å². The van der Waals surface area contributed by atoms with E-state index in [2.05, 4.69) is 28.9 Å². The second kappa shape index (κ2) is 5.51. The number of anilines is 1. The molecule has 0 spiro atoms. The van der Waals surface area contributed by atoms with Crippen molar-refractivity contribution >= 4 is 5.69 Å². The van der Waals surface area contributed by atoms with Gasteiger partial charge in [0.1, 0.15) is 0 Å². The molecule has 1 aliphatic carbocycles. The minimum atomic E-state index is 0.901. The Hall–Kier alpha value is -1.06. The van der Waals surface area contributed by atoms with Crippen molar-refractivity contribution in [3.05, 3.63) is 29.3 Å². The maximum Gasteiger partial charge on any atom is 0.0343 e. The van der Waals surface area contributed by atoms with E-state index in [1.807, 2.05) is 6.07 Å². The van der Waals surface area contributed by atoms with Crippen molar-refractivity contribution in [2.75, 3.05) is 38.5 Å². The Morgan fingerprint density at radius 2 is 1.79 bits per heavy atom. The summed E-state index contributed by atoms with van der Waals surface area (Å²) in [6, 6.07) is 6.43. The summed E-state index contributed by atoms with van der Waals surface area (Å²) in [7, 11) is 0. The predicted octanol–water partition coefficient (Wildman–Crippen LogP) is 2.10. The summed E-state index contributed by atoms with van der Waals surface area (Å²) in [6.45, 7) is 9.39. The number of piperazine rings is 1. The zero-order valence-corrected chi connectivity index (χ0v) is 11.9. The molecular weight excluding hydrogens is 234 g/mol. The highest BCUT2D eigenvalue weighted by atomic mass is 15.3. The molecule has 0 atom stereocenters. The molecule has 0 radical (unpaired) electrons. The first-order valence-electron chi connectivity index (χ1n) is 7.50. The van der Waals surface area contributed by atoms with Crippen LogP contribution in [0.5, 0.6) is 0 Å². The van der Waals surface area contributed by atoms with Crippen LogP contribution in [0.4, 0.5) is 5.69 Å². The topological polar surface area (TPSA) is 32.5 Å². The average Bonchev–Trinajstić information content (AvgIpc) is 3.20. The van der Waals surface area contributed by atoms with Crippen LogP contribution in [0.1, 0.15) is 24.0 Å². The lowest BCUT2D eigenvalue weighted by Crippen LogP contribution is -2.46. The molecule has 0 amide bonds. The van der Waals surface area contributed by atoms with Gasteiger partial charge in [0.25, 0.3) is 0 Å². The zero-order valence-electron chi connectivity index (χ0n) is 11.9. The molecule has 104 valence electrons. The van der Waals surface area contributed by atoms with Gasteiger partial charge in [0.2, 0.25) is 0 Å². The van der Waals surface area contributed by atoms with E-state index in [0.29, 0.717) is 0 Å². The summed E-state index contributed by atoms with van der Waals surface area (Å²) in [6.07, 6.45) is 2.93. The van der Waals surface area contributed by atoms with Crippen LogP contribution in [0.3, 0.4) is 0 Å². The second-order valence-electron chi connectivity index (χ2n) is 6.21. The van der Waals surface area contributed by atoms with Crippen LogP contribution in [0.2, 0.25) is 0 Å². The number of benzene rings is 1. The molecule has 19 heavy (non-hydrogen) atoms. The molecule has 2 fully saturated rings. The van der Waals surface area contributed by atoms with Crippen LogP contribution in [0.15, 0.2) is 18.2 Å². The summed E-state index contributed by atoms with van der Waals surface area (Å²) in [5.41, 5.74) is 9.36. The van der Waals surface area contributed by atoms with E-state index in [1.54, 1.807) is 0 Å². The van der Waals surface area contributed by atoms with Crippen molar-refractivity contribution in [1.29, 1.82) is 0 Å². The SMILES string of the molecule is Cc1cc(CN2CCN(CC3CC3)CC2)ccc1N. The van der Waals surface area contributed by atoms with Gasteiger partial charge in [0.15, 0.2) is 0 Å². The predicted molar refractivity (Wildman–Crippen MR) is 80.0 cm³/mol. The van der Waals surface area contributed by atoms with Gasteiger partial charge in [-0.1, -0.05) is 12.1 Å². The standard InChI is InChI=1S/C16H25N3/c1-13-10-15(4-5-16(13)17)12-19-8-6-18(7-9-19)11-14-2-3-14/h4-5,10,14H,2-3,6-9,11-12,17H2,1H3. The molecule has 1 aromatic carbocycles. The van der Waals surface area contributed by atoms with E-state index in [-0.39, 0.29) is 0 Å². The molecule has 3 rings (SSSR count). The van der Waals surface area contributed by atoms with Gasteiger partial charge in [-0.2, -0.15) is 0 Å². The zero-order chi connectivity index (χ0) is 13.2. The van der Waals surface area contributed by atoms with Crippen LogP contribution < -0.4 is 5.73 Å². The summed E-state index contributed by atoms with van der Waals surface area (Å²) in [5, 5.41) is 0. The van der Waals surface area contributed by atoms with Crippen LogP contribution in [-0.4, -0.2) is 42.5 Å². The molecule has 1 aliphatic heterocycles. The summed E-state index contributed by atoms with van der Waals surface area (Å²) in [4.78, 5) is 5.21. The monoisotopic (exact) mass is 259 g/mol. The van der Waals surface area contributed by atoms with Crippen molar-refractivity contribution in [3.8, 4) is 0 Å². The number of nitrogen functional groups attached to an aromatic ring is 1. The van der Waals surface area contributed by atoms with Crippen LogP contribution in [0.25, 0.3) is 0 Å². The van der Waals surface area contributed by atoms with Gasteiger partial charge in [-0.05, 0) is 42.9 Å².